The lowest BCUT2D eigenvalue weighted by molar-refractivity contribution is -0.125. The van der Waals surface area contributed by atoms with Crippen molar-refractivity contribution in [2.75, 3.05) is 31.5 Å². The van der Waals surface area contributed by atoms with E-state index >= 15 is 0 Å². The maximum atomic E-state index is 12.4. The van der Waals surface area contributed by atoms with Crippen LogP contribution in [0, 0.1) is 5.92 Å². The summed E-state index contributed by atoms with van der Waals surface area (Å²) in [5.41, 5.74) is 7.59. The van der Waals surface area contributed by atoms with Crippen molar-refractivity contribution in [2.45, 2.75) is 40.3 Å². The molecule has 10 heteroatoms. The molecule has 2 amide bonds. The number of nitrogens with zero attached hydrogens (tertiary/aromatic N) is 3. The highest BCUT2D eigenvalue weighted by atomic mass is 35.5. The van der Waals surface area contributed by atoms with Gasteiger partial charge in [0.25, 0.3) is 0 Å². The molecule has 1 heterocycles. The summed E-state index contributed by atoms with van der Waals surface area (Å²) in [6.45, 7) is 11.3. The van der Waals surface area contributed by atoms with Gasteiger partial charge in [0, 0.05) is 13.1 Å². The molecule has 2 rings (SSSR count). The third-order valence-electron chi connectivity index (χ3n) is 4.88. The summed E-state index contributed by atoms with van der Waals surface area (Å²) in [4.78, 5) is 31.2. The number of benzene rings is 1. The molecule has 0 radical (unpaired) electrons. The summed E-state index contributed by atoms with van der Waals surface area (Å²) in [7, 11) is 0. The Morgan fingerprint density at radius 3 is 2.40 bits per heavy atom. The maximum Gasteiger partial charge on any atom is 0.246 e. The molecule has 30 heavy (non-hydrogen) atoms. The second kappa shape index (κ2) is 13.4. The van der Waals surface area contributed by atoms with E-state index < -0.39 is 6.04 Å². The molecule has 4 N–H and O–H groups in total. The molecule has 0 saturated heterocycles. The number of likely N-dealkylation sites (N-methyl/N-ethyl adjacent to an activating group) is 1. The molecular formula is C20H34Cl2N6O2. The zero-order chi connectivity index (χ0) is 20.7. The Labute approximate surface area is 190 Å². The van der Waals surface area contributed by atoms with Crippen molar-refractivity contribution in [2.24, 2.45) is 11.7 Å². The number of amides is 2. The Bertz CT molecular complexity index is 808. The monoisotopic (exact) mass is 460 g/mol. The average Bonchev–Trinajstić information content (AvgIpc) is 3.03. The molecule has 0 unspecified atom stereocenters. The van der Waals surface area contributed by atoms with Crippen molar-refractivity contribution in [3.63, 3.8) is 0 Å². The van der Waals surface area contributed by atoms with Gasteiger partial charge < -0.3 is 20.5 Å². The lowest BCUT2D eigenvalue weighted by atomic mass is 10.1. The van der Waals surface area contributed by atoms with Crippen LogP contribution in [0.15, 0.2) is 24.3 Å². The third kappa shape index (κ3) is 7.43. The number of aromatic nitrogens is 2. The molecule has 0 aliphatic carbocycles. The van der Waals surface area contributed by atoms with E-state index in [2.05, 4.69) is 34.4 Å². The van der Waals surface area contributed by atoms with Gasteiger partial charge in [-0.2, -0.15) is 0 Å². The van der Waals surface area contributed by atoms with Crippen molar-refractivity contribution in [1.82, 2.24) is 19.8 Å². The zero-order valence-electron chi connectivity index (χ0n) is 18.1. The third-order valence-corrected chi connectivity index (χ3v) is 4.88. The number of hydrogen-bond donors (Lipinski definition) is 3. The van der Waals surface area contributed by atoms with Gasteiger partial charge in [-0.05, 0) is 31.1 Å². The van der Waals surface area contributed by atoms with E-state index in [0.29, 0.717) is 12.5 Å². The van der Waals surface area contributed by atoms with E-state index in [1.807, 2.05) is 42.7 Å². The molecule has 0 fully saturated rings. The first kappa shape index (κ1) is 28.1. The first-order valence-corrected chi connectivity index (χ1v) is 9.88. The average molecular weight is 461 g/mol. The predicted octanol–water partition coefficient (Wildman–Crippen LogP) is 2.26. The second-order valence-corrected chi connectivity index (χ2v) is 7.14. The summed E-state index contributed by atoms with van der Waals surface area (Å²) >= 11 is 0. The Morgan fingerprint density at radius 1 is 1.17 bits per heavy atom. The van der Waals surface area contributed by atoms with Crippen LogP contribution >= 0.6 is 24.8 Å². The van der Waals surface area contributed by atoms with E-state index in [1.54, 1.807) is 0 Å². The number of carbonyl (C=O) groups is 2. The van der Waals surface area contributed by atoms with Gasteiger partial charge in [0.2, 0.25) is 17.8 Å². The Morgan fingerprint density at radius 2 is 1.80 bits per heavy atom. The number of nitrogens with one attached hydrogen (secondary N) is 2. The highest BCUT2D eigenvalue weighted by Crippen LogP contribution is 2.19. The summed E-state index contributed by atoms with van der Waals surface area (Å²) in [6, 6.07) is 7.15. The number of fused-ring (bicyclic) bond motifs is 1. The van der Waals surface area contributed by atoms with Gasteiger partial charge in [-0.15, -0.1) is 24.8 Å². The molecule has 8 nitrogen and oxygen atoms in total. The van der Waals surface area contributed by atoms with Crippen molar-refractivity contribution in [1.29, 1.82) is 0 Å². The fraction of sp³-hybridized carbons (Fsp3) is 0.550. The Balaban J connectivity index is 0.00000420. The van der Waals surface area contributed by atoms with Gasteiger partial charge in [-0.25, -0.2) is 4.98 Å². The van der Waals surface area contributed by atoms with E-state index in [4.69, 9.17) is 5.73 Å². The molecule has 1 aromatic carbocycles. The number of para-hydroxylation sites is 2. The van der Waals surface area contributed by atoms with Crippen LogP contribution in [0.5, 0.6) is 0 Å². The normalized spacial score (nSPS) is 11.7. The van der Waals surface area contributed by atoms with E-state index in [1.165, 1.54) is 0 Å². The predicted molar refractivity (Wildman–Crippen MR) is 126 cm³/mol. The number of halogens is 2. The van der Waals surface area contributed by atoms with E-state index in [0.717, 1.165) is 30.7 Å². The van der Waals surface area contributed by atoms with Crippen molar-refractivity contribution < 1.29 is 9.59 Å². The van der Waals surface area contributed by atoms with Gasteiger partial charge in [0.05, 0.1) is 23.6 Å². The molecule has 1 atom stereocenters. The maximum absolute atomic E-state index is 12.4. The van der Waals surface area contributed by atoms with Gasteiger partial charge in [0.15, 0.2) is 0 Å². The fourth-order valence-electron chi connectivity index (χ4n) is 2.94. The van der Waals surface area contributed by atoms with Crippen LogP contribution in [-0.4, -0.2) is 58.5 Å². The molecule has 2 aromatic rings. The number of nitrogens with two attached hydrogens (primary N) is 1. The van der Waals surface area contributed by atoms with Crippen molar-refractivity contribution in [3.05, 3.63) is 24.3 Å². The zero-order valence-corrected chi connectivity index (χ0v) is 19.7. The van der Waals surface area contributed by atoms with Gasteiger partial charge in [-0.1, -0.05) is 39.8 Å². The smallest absolute Gasteiger partial charge is 0.246 e. The van der Waals surface area contributed by atoms with Crippen LogP contribution in [-0.2, 0) is 16.1 Å². The Kier molecular flexibility index (Phi) is 12.6. The van der Waals surface area contributed by atoms with Crippen molar-refractivity contribution in [3.8, 4) is 0 Å². The molecule has 0 bridgehead atoms. The molecular weight excluding hydrogens is 427 g/mol. The Hall–Kier alpha value is -1.87. The second-order valence-electron chi connectivity index (χ2n) is 7.14. The number of rotatable bonds is 10. The standard InChI is InChI=1S/C20H32N6O2.2ClH/c1-5-25(6-2)11-12-26-16-10-8-7-9-15(16)23-20(26)24-17(27)13-22-19(28)18(21)14(3)4;;/h7-10,14,18H,5-6,11-13,21H2,1-4H3,(H,22,28)(H,23,24,27);2*1H/t18-;;/m0../s1. The molecule has 170 valence electrons. The molecule has 0 aliphatic heterocycles. The van der Waals surface area contributed by atoms with Gasteiger partial charge in [0.1, 0.15) is 0 Å². The number of hydrogen-bond acceptors (Lipinski definition) is 5. The summed E-state index contributed by atoms with van der Waals surface area (Å²) in [5.74, 6) is -0.169. The fourth-order valence-corrected chi connectivity index (χ4v) is 2.94. The summed E-state index contributed by atoms with van der Waals surface area (Å²) in [5, 5.41) is 5.41. The minimum atomic E-state index is -0.633. The summed E-state index contributed by atoms with van der Waals surface area (Å²) < 4.78 is 2.01. The minimum absolute atomic E-state index is 0. The summed E-state index contributed by atoms with van der Waals surface area (Å²) in [6.07, 6.45) is 0. The van der Waals surface area contributed by atoms with Gasteiger partial charge >= 0.3 is 0 Å². The SMILES string of the molecule is CCN(CC)CCn1c(NC(=O)CNC(=O)[C@@H](N)C(C)C)nc2ccccc21.Cl.Cl. The molecule has 0 spiro atoms. The molecule has 0 aliphatic rings. The lowest BCUT2D eigenvalue weighted by Gasteiger charge is -2.19. The van der Waals surface area contributed by atoms with Crippen molar-refractivity contribution >= 4 is 53.6 Å². The number of imidazole rings is 1. The highest BCUT2D eigenvalue weighted by molar-refractivity contribution is 5.95. The van der Waals surface area contributed by atoms with Crippen LogP contribution in [0.1, 0.15) is 27.7 Å². The minimum Gasteiger partial charge on any atom is -0.346 e. The van der Waals surface area contributed by atoms with Crippen LogP contribution < -0.4 is 16.4 Å². The number of anilines is 1. The number of carbonyl (C=O) groups excluding carboxylic acids is 2. The van der Waals surface area contributed by atoms with Crippen LogP contribution in [0.4, 0.5) is 5.95 Å². The topological polar surface area (TPSA) is 105 Å². The van der Waals surface area contributed by atoms with E-state index in [9.17, 15) is 9.59 Å². The van der Waals surface area contributed by atoms with Crippen LogP contribution in [0.2, 0.25) is 0 Å². The largest absolute Gasteiger partial charge is 0.346 e. The lowest BCUT2D eigenvalue weighted by Crippen LogP contribution is -2.46. The van der Waals surface area contributed by atoms with E-state index in [-0.39, 0.29) is 49.1 Å². The van der Waals surface area contributed by atoms with Crippen LogP contribution in [0.3, 0.4) is 0 Å². The molecule has 1 aromatic heterocycles. The highest BCUT2D eigenvalue weighted by Gasteiger charge is 2.19. The van der Waals surface area contributed by atoms with Crippen LogP contribution in [0.25, 0.3) is 11.0 Å². The quantitative estimate of drug-likeness (QED) is 0.504. The first-order valence-electron chi connectivity index (χ1n) is 9.88. The first-order chi connectivity index (χ1) is 13.4. The molecule has 0 saturated carbocycles. The van der Waals surface area contributed by atoms with Gasteiger partial charge in [-0.3, -0.25) is 14.9 Å².